The average molecular weight is 318 g/mol. The molecule has 0 fully saturated rings. The zero-order chi connectivity index (χ0) is 16.0. The predicted octanol–water partition coefficient (Wildman–Crippen LogP) is -0.475. The molecule has 6 N–H and O–H groups in total. The van der Waals surface area contributed by atoms with Gasteiger partial charge in [-0.1, -0.05) is 12.1 Å². The van der Waals surface area contributed by atoms with Crippen LogP contribution in [0.15, 0.2) is 24.3 Å². The number of rotatable bonds is 7. The number of carbonyl (C=O) groups is 1. The number of benzene rings is 1. The fourth-order valence-electron chi connectivity index (χ4n) is 1.78. The summed E-state index contributed by atoms with van der Waals surface area (Å²) in [6, 6.07) is 5.34. The summed E-state index contributed by atoms with van der Waals surface area (Å²) < 4.78 is 15.1. The second-order valence-corrected chi connectivity index (χ2v) is 5.70. The van der Waals surface area contributed by atoms with Crippen molar-refractivity contribution in [2.45, 2.75) is 25.5 Å². The molecular weight excluding hydrogens is 299 g/mol. The summed E-state index contributed by atoms with van der Waals surface area (Å²) in [6.45, 7) is 1.43. The zero-order valence-corrected chi connectivity index (χ0v) is 12.4. The van der Waals surface area contributed by atoms with Crippen molar-refractivity contribution in [3.8, 4) is 5.75 Å². The second-order valence-electron chi connectivity index (χ2n) is 4.54. The van der Waals surface area contributed by atoms with E-state index in [1.165, 1.54) is 19.1 Å². The van der Waals surface area contributed by atoms with E-state index in [9.17, 15) is 14.5 Å². The Morgan fingerprint density at radius 3 is 2.38 bits per heavy atom. The van der Waals surface area contributed by atoms with Crippen LogP contribution in [-0.2, 0) is 15.8 Å². The summed E-state index contributed by atoms with van der Waals surface area (Å²) in [5, 5.41) is 12.6. The number of hydrogen-bond donors (Lipinski definition) is 5. The lowest BCUT2D eigenvalue weighted by Gasteiger charge is -2.22. The summed E-state index contributed by atoms with van der Waals surface area (Å²) in [6.07, 6.45) is -0.634. The van der Waals surface area contributed by atoms with E-state index in [1.807, 2.05) is 0 Å². The van der Waals surface area contributed by atoms with Crippen LogP contribution in [-0.4, -0.2) is 39.5 Å². The van der Waals surface area contributed by atoms with Gasteiger partial charge in [-0.25, -0.2) is 4.57 Å². The van der Waals surface area contributed by atoms with Gasteiger partial charge in [-0.2, -0.15) is 0 Å². The molecule has 21 heavy (non-hydrogen) atoms. The molecule has 0 heterocycles. The molecule has 1 aromatic rings. The molecule has 0 aliphatic rings. The first-order valence-electron chi connectivity index (χ1n) is 6.20. The highest BCUT2D eigenvalue weighted by atomic mass is 31.2. The summed E-state index contributed by atoms with van der Waals surface area (Å²) in [4.78, 5) is 28.3. The van der Waals surface area contributed by atoms with Crippen LogP contribution >= 0.6 is 7.82 Å². The SMILES string of the molecule is CC(=O)NC(CN)C(O)Cc1ccc(OP(=O)(O)O)cc1. The number of aliphatic hydroxyl groups is 1. The standard InChI is InChI=1S/C12H19N2O6P/c1-8(15)14-11(7-13)12(16)6-9-2-4-10(5-3-9)20-21(17,18)19/h2-5,11-12,16H,6-7,13H2,1H3,(H,14,15)(H2,17,18,19). The van der Waals surface area contributed by atoms with Crippen molar-refractivity contribution in [2.24, 2.45) is 5.73 Å². The first-order chi connectivity index (χ1) is 9.71. The van der Waals surface area contributed by atoms with Gasteiger partial charge in [0.1, 0.15) is 5.75 Å². The van der Waals surface area contributed by atoms with E-state index in [-0.39, 0.29) is 24.6 Å². The summed E-state index contributed by atoms with van der Waals surface area (Å²) in [7, 11) is -4.58. The van der Waals surface area contributed by atoms with Gasteiger partial charge in [0.05, 0.1) is 12.1 Å². The molecule has 0 aromatic heterocycles. The molecule has 0 aliphatic carbocycles. The van der Waals surface area contributed by atoms with Crippen LogP contribution in [0.2, 0.25) is 0 Å². The Kier molecular flexibility index (Phi) is 6.32. The van der Waals surface area contributed by atoms with Crippen molar-refractivity contribution in [2.75, 3.05) is 6.54 Å². The number of hydrogen-bond acceptors (Lipinski definition) is 5. The van der Waals surface area contributed by atoms with E-state index in [1.54, 1.807) is 12.1 Å². The third-order valence-electron chi connectivity index (χ3n) is 2.70. The maximum Gasteiger partial charge on any atom is 0.524 e. The van der Waals surface area contributed by atoms with Crippen LogP contribution in [0, 0.1) is 0 Å². The van der Waals surface area contributed by atoms with E-state index in [0.717, 1.165) is 0 Å². The van der Waals surface area contributed by atoms with Crippen molar-refractivity contribution in [1.82, 2.24) is 5.32 Å². The van der Waals surface area contributed by atoms with Crippen LogP contribution in [0.3, 0.4) is 0 Å². The van der Waals surface area contributed by atoms with E-state index in [4.69, 9.17) is 15.5 Å². The number of nitrogens with two attached hydrogens (primary N) is 1. The summed E-state index contributed by atoms with van der Waals surface area (Å²) in [5.41, 5.74) is 6.20. The maximum atomic E-state index is 11.0. The molecule has 2 unspecified atom stereocenters. The molecule has 0 saturated carbocycles. The van der Waals surface area contributed by atoms with Gasteiger partial charge in [-0.05, 0) is 17.7 Å². The lowest BCUT2D eigenvalue weighted by molar-refractivity contribution is -0.120. The molecule has 1 amide bonds. The third kappa shape index (κ3) is 6.70. The first kappa shape index (κ1) is 17.6. The number of amides is 1. The van der Waals surface area contributed by atoms with Crippen LogP contribution in [0.25, 0.3) is 0 Å². The molecule has 0 aliphatic heterocycles. The highest BCUT2D eigenvalue weighted by Gasteiger charge is 2.19. The minimum absolute atomic E-state index is 0.0267. The van der Waals surface area contributed by atoms with E-state index < -0.39 is 20.0 Å². The Morgan fingerprint density at radius 2 is 1.95 bits per heavy atom. The van der Waals surface area contributed by atoms with Gasteiger partial charge in [0.25, 0.3) is 0 Å². The molecule has 0 radical (unpaired) electrons. The highest BCUT2D eigenvalue weighted by Crippen LogP contribution is 2.37. The zero-order valence-electron chi connectivity index (χ0n) is 11.5. The van der Waals surface area contributed by atoms with Gasteiger partial charge in [0.2, 0.25) is 5.91 Å². The first-order valence-corrected chi connectivity index (χ1v) is 7.73. The molecule has 1 rings (SSSR count). The number of carbonyl (C=O) groups excluding carboxylic acids is 1. The Hall–Kier alpha value is -1.44. The normalized spacial score (nSPS) is 14.3. The number of phosphoric ester groups is 1. The average Bonchev–Trinajstić information content (AvgIpc) is 2.36. The molecule has 2 atom stereocenters. The van der Waals surface area contributed by atoms with E-state index in [2.05, 4.69) is 9.84 Å². The Bertz CT molecular complexity index is 515. The fraction of sp³-hybridized carbons (Fsp3) is 0.417. The van der Waals surface area contributed by atoms with Gasteiger partial charge in [0.15, 0.2) is 0 Å². The number of nitrogens with one attached hydrogen (secondary N) is 1. The smallest absolute Gasteiger partial charge is 0.404 e. The predicted molar refractivity (Wildman–Crippen MR) is 75.5 cm³/mol. The Labute approximate surface area is 122 Å². The van der Waals surface area contributed by atoms with Gasteiger partial charge < -0.3 is 20.7 Å². The van der Waals surface area contributed by atoms with Gasteiger partial charge in [-0.15, -0.1) is 0 Å². The topological polar surface area (TPSA) is 142 Å². The number of aliphatic hydroxyl groups excluding tert-OH is 1. The molecule has 0 spiro atoms. The highest BCUT2D eigenvalue weighted by molar-refractivity contribution is 7.46. The van der Waals surface area contributed by atoms with Crippen molar-refractivity contribution in [3.63, 3.8) is 0 Å². The molecular formula is C12H19N2O6P. The quantitative estimate of drug-likeness (QED) is 0.428. The Balaban J connectivity index is 2.66. The minimum atomic E-state index is -4.58. The largest absolute Gasteiger partial charge is 0.524 e. The van der Waals surface area contributed by atoms with Crippen molar-refractivity contribution >= 4 is 13.7 Å². The molecule has 118 valence electrons. The summed E-state index contributed by atoms with van der Waals surface area (Å²) >= 11 is 0. The third-order valence-corrected chi connectivity index (χ3v) is 3.15. The number of phosphoric acid groups is 1. The maximum absolute atomic E-state index is 11.0. The lowest BCUT2D eigenvalue weighted by Crippen LogP contribution is -2.48. The van der Waals surface area contributed by atoms with E-state index >= 15 is 0 Å². The molecule has 9 heteroatoms. The second kappa shape index (κ2) is 7.53. The monoisotopic (exact) mass is 318 g/mol. The lowest BCUT2D eigenvalue weighted by atomic mass is 10.0. The van der Waals surface area contributed by atoms with Gasteiger partial charge in [-0.3, -0.25) is 14.6 Å². The van der Waals surface area contributed by atoms with Gasteiger partial charge in [0, 0.05) is 19.9 Å². The van der Waals surface area contributed by atoms with Crippen LogP contribution in [0.5, 0.6) is 5.75 Å². The summed E-state index contributed by atoms with van der Waals surface area (Å²) in [5.74, 6) is -0.256. The van der Waals surface area contributed by atoms with Crippen molar-refractivity contribution < 1.29 is 28.8 Å². The van der Waals surface area contributed by atoms with Crippen molar-refractivity contribution in [1.29, 1.82) is 0 Å². The van der Waals surface area contributed by atoms with E-state index in [0.29, 0.717) is 5.56 Å². The Morgan fingerprint density at radius 1 is 1.38 bits per heavy atom. The minimum Gasteiger partial charge on any atom is -0.404 e. The van der Waals surface area contributed by atoms with Gasteiger partial charge >= 0.3 is 7.82 Å². The molecule has 1 aromatic carbocycles. The van der Waals surface area contributed by atoms with Crippen LogP contribution in [0.4, 0.5) is 0 Å². The fourth-order valence-corrected chi connectivity index (χ4v) is 2.18. The molecule has 0 saturated heterocycles. The van der Waals surface area contributed by atoms with Crippen LogP contribution in [0.1, 0.15) is 12.5 Å². The molecule has 0 bridgehead atoms. The van der Waals surface area contributed by atoms with Crippen LogP contribution < -0.4 is 15.6 Å². The molecule has 8 nitrogen and oxygen atoms in total. The van der Waals surface area contributed by atoms with Crippen molar-refractivity contribution in [3.05, 3.63) is 29.8 Å².